The Morgan fingerprint density at radius 1 is 1.17 bits per heavy atom. The van der Waals surface area contributed by atoms with E-state index in [0.29, 0.717) is 18.2 Å². The monoisotopic (exact) mass is 408 g/mol. The van der Waals surface area contributed by atoms with Crippen LogP contribution in [-0.2, 0) is 6.42 Å². The molecule has 7 nitrogen and oxygen atoms in total. The van der Waals surface area contributed by atoms with Crippen LogP contribution in [0.2, 0.25) is 0 Å². The lowest BCUT2D eigenvalue weighted by Gasteiger charge is -2.38. The summed E-state index contributed by atoms with van der Waals surface area (Å²) in [6.07, 6.45) is 2.44. The lowest BCUT2D eigenvalue weighted by molar-refractivity contribution is 0.0944. The largest absolute Gasteiger partial charge is 0.352 e. The van der Waals surface area contributed by atoms with Crippen LogP contribution < -0.4 is 10.2 Å². The van der Waals surface area contributed by atoms with Crippen LogP contribution in [0.3, 0.4) is 0 Å². The van der Waals surface area contributed by atoms with Crippen molar-refractivity contribution in [3.63, 3.8) is 0 Å². The van der Waals surface area contributed by atoms with Gasteiger partial charge < -0.3 is 10.2 Å². The first-order chi connectivity index (χ1) is 14.1. The summed E-state index contributed by atoms with van der Waals surface area (Å²) in [6.45, 7) is 8.65. The first kappa shape index (κ1) is 18.4. The van der Waals surface area contributed by atoms with E-state index in [4.69, 9.17) is 0 Å². The van der Waals surface area contributed by atoms with Crippen molar-refractivity contribution < 1.29 is 4.79 Å². The molecule has 8 heteroatoms. The topological polar surface area (TPSA) is 74.2 Å². The lowest BCUT2D eigenvalue weighted by atomic mass is 10.1. The van der Waals surface area contributed by atoms with E-state index in [1.54, 1.807) is 17.5 Å². The van der Waals surface area contributed by atoms with E-state index in [-0.39, 0.29) is 5.91 Å². The average molecular weight is 409 g/mol. The maximum absolute atomic E-state index is 11.9. The molecule has 1 atom stereocenters. The zero-order valence-electron chi connectivity index (χ0n) is 16.7. The van der Waals surface area contributed by atoms with Gasteiger partial charge in [-0.05, 0) is 31.5 Å². The van der Waals surface area contributed by atoms with Crippen molar-refractivity contribution in [3.05, 3.63) is 46.2 Å². The van der Waals surface area contributed by atoms with Gasteiger partial charge in [0.15, 0.2) is 0 Å². The molecule has 0 radical (unpaired) electrons. The van der Waals surface area contributed by atoms with Crippen molar-refractivity contribution >= 4 is 33.4 Å². The molecule has 0 spiro atoms. The third-order valence-corrected chi connectivity index (χ3v) is 6.84. The summed E-state index contributed by atoms with van der Waals surface area (Å²) in [7, 11) is 0. The van der Waals surface area contributed by atoms with Crippen LogP contribution in [0.25, 0.3) is 10.2 Å². The second-order valence-electron chi connectivity index (χ2n) is 7.70. The van der Waals surface area contributed by atoms with E-state index in [9.17, 15) is 4.79 Å². The van der Waals surface area contributed by atoms with Gasteiger partial charge in [0, 0.05) is 51.4 Å². The summed E-state index contributed by atoms with van der Waals surface area (Å²) in [5.41, 5.74) is 3.88. The molecule has 1 N–H and O–H groups in total. The van der Waals surface area contributed by atoms with Gasteiger partial charge in [-0.15, -0.1) is 11.3 Å². The van der Waals surface area contributed by atoms with Gasteiger partial charge in [-0.25, -0.2) is 15.0 Å². The number of anilines is 1. The molecule has 3 aromatic rings. The highest BCUT2D eigenvalue weighted by atomic mass is 32.1. The molecule has 29 heavy (non-hydrogen) atoms. The summed E-state index contributed by atoms with van der Waals surface area (Å²) in [5.74, 6) is 0.675. The van der Waals surface area contributed by atoms with Crippen molar-refractivity contribution in [3.8, 4) is 0 Å². The molecule has 1 aromatic carbocycles. The predicted octanol–water partition coefficient (Wildman–Crippen LogP) is 2.56. The highest BCUT2D eigenvalue weighted by Crippen LogP contribution is 2.28. The number of aromatic nitrogens is 3. The van der Waals surface area contributed by atoms with Gasteiger partial charge in [0.05, 0.1) is 26.5 Å². The minimum Gasteiger partial charge on any atom is -0.352 e. The third-order valence-electron chi connectivity index (χ3n) is 5.89. The van der Waals surface area contributed by atoms with Crippen LogP contribution in [-0.4, -0.2) is 58.5 Å². The second-order valence-corrected chi connectivity index (χ2v) is 8.93. The first-order valence-corrected chi connectivity index (χ1v) is 10.9. The third kappa shape index (κ3) is 3.47. The zero-order chi connectivity index (χ0) is 20.0. The van der Waals surface area contributed by atoms with E-state index < -0.39 is 0 Å². The Hall–Kier alpha value is -2.58. The summed E-state index contributed by atoms with van der Waals surface area (Å²) in [6, 6.07) is 7.00. The number of aryl methyl sites for hydroxylation is 1. The van der Waals surface area contributed by atoms with Crippen LogP contribution in [0, 0.1) is 6.92 Å². The standard InChI is InChI=1S/C21H24N6OS/c1-13(15-3-4-19-18(11-15)24-14(2)29-19)26-7-9-27(10-8-26)21-23-12-16-17(25-21)5-6-22-20(16)28/h3-4,11-13H,5-10H2,1-2H3,(H,22,28). The number of carbonyl (C=O) groups is 1. The van der Waals surface area contributed by atoms with Gasteiger partial charge >= 0.3 is 0 Å². The molecule has 0 saturated carbocycles. The van der Waals surface area contributed by atoms with Crippen molar-refractivity contribution in [1.29, 1.82) is 0 Å². The summed E-state index contributed by atoms with van der Waals surface area (Å²) >= 11 is 1.75. The van der Waals surface area contributed by atoms with Gasteiger partial charge in [0.25, 0.3) is 5.91 Å². The van der Waals surface area contributed by atoms with Gasteiger partial charge in [-0.3, -0.25) is 9.69 Å². The Labute approximate surface area is 173 Å². The summed E-state index contributed by atoms with van der Waals surface area (Å²) in [4.78, 5) is 30.4. The highest BCUT2D eigenvalue weighted by molar-refractivity contribution is 7.18. The number of hydrogen-bond donors (Lipinski definition) is 1. The number of piperazine rings is 1. The van der Waals surface area contributed by atoms with Crippen LogP contribution in [0.15, 0.2) is 24.4 Å². The highest BCUT2D eigenvalue weighted by Gasteiger charge is 2.25. The van der Waals surface area contributed by atoms with Crippen LogP contribution in [0.1, 0.15) is 39.6 Å². The molecule has 0 aliphatic carbocycles. The number of fused-ring (bicyclic) bond motifs is 2. The number of carbonyl (C=O) groups excluding carboxylic acids is 1. The zero-order valence-corrected chi connectivity index (χ0v) is 17.5. The lowest BCUT2D eigenvalue weighted by Crippen LogP contribution is -2.48. The smallest absolute Gasteiger partial charge is 0.254 e. The fourth-order valence-corrected chi connectivity index (χ4v) is 4.98. The molecule has 4 heterocycles. The van der Waals surface area contributed by atoms with E-state index in [2.05, 4.69) is 62.1 Å². The first-order valence-electron chi connectivity index (χ1n) is 10.1. The van der Waals surface area contributed by atoms with Gasteiger partial charge in [-0.2, -0.15) is 0 Å². The molecule has 150 valence electrons. The minimum absolute atomic E-state index is 0.0660. The molecule has 5 rings (SSSR count). The van der Waals surface area contributed by atoms with Crippen LogP contribution >= 0.6 is 11.3 Å². The molecule has 2 aromatic heterocycles. The second kappa shape index (κ2) is 7.35. The normalized spacial score (nSPS) is 18.6. The maximum Gasteiger partial charge on any atom is 0.254 e. The SMILES string of the molecule is Cc1nc2cc(C(C)N3CCN(c4ncc5c(n4)CCNC5=O)CC3)ccc2s1. The molecule has 1 unspecified atom stereocenters. The molecule has 2 aliphatic rings. The Kier molecular flexibility index (Phi) is 4.67. The Morgan fingerprint density at radius 3 is 2.83 bits per heavy atom. The number of nitrogens with one attached hydrogen (secondary N) is 1. The summed E-state index contributed by atoms with van der Waals surface area (Å²) in [5, 5.41) is 3.95. The fraction of sp³-hybridized carbons (Fsp3) is 0.429. The van der Waals surface area contributed by atoms with Crippen molar-refractivity contribution in [2.24, 2.45) is 0 Å². The van der Waals surface area contributed by atoms with Crippen molar-refractivity contribution in [1.82, 2.24) is 25.2 Å². The predicted molar refractivity (Wildman–Crippen MR) is 115 cm³/mol. The number of nitrogens with zero attached hydrogens (tertiary/aromatic N) is 5. The van der Waals surface area contributed by atoms with E-state index in [1.807, 2.05) is 0 Å². The molecule has 2 aliphatic heterocycles. The van der Waals surface area contributed by atoms with Gasteiger partial charge in [-0.1, -0.05) is 6.07 Å². The number of amides is 1. The van der Waals surface area contributed by atoms with Gasteiger partial charge in [0.2, 0.25) is 5.95 Å². The Morgan fingerprint density at radius 2 is 2.00 bits per heavy atom. The maximum atomic E-state index is 11.9. The summed E-state index contributed by atoms with van der Waals surface area (Å²) < 4.78 is 1.25. The van der Waals surface area contributed by atoms with Crippen LogP contribution in [0.4, 0.5) is 5.95 Å². The average Bonchev–Trinajstić information content (AvgIpc) is 3.12. The van der Waals surface area contributed by atoms with Crippen molar-refractivity contribution in [2.45, 2.75) is 26.3 Å². The Balaban J connectivity index is 1.27. The molecule has 0 bridgehead atoms. The number of rotatable bonds is 3. The molecule has 1 fully saturated rings. The number of benzene rings is 1. The molecule has 1 amide bonds. The van der Waals surface area contributed by atoms with E-state index >= 15 is 0 Å². The number of thiazole rings is 1. The minimum atomic E-state index is -0.0660. The van der Waals surface area contributed by atoms with E-state index in [0.717, 1.165) is 54.8 Å². The van der Waals surface area contributed by atoms with Crippen molar-refractivity contribution in [2.75, 3.05) is 37.6 Å². The molecular formula is C21H24N6OS. The quantitative estimate of drug-likeness (QED) is 0.718. The fourth-order valence-electron chi connectivity index (χ4n) is 4.17. The number of hydrogen-bond acceptors (Lipinski definition) is 7. The van der Waals surface area contributed by atoms with Crippen LogP contribution in [0.5, 0.6) is 0 Å². The Bertz CT molecular complexity index is 1070. The van der Waals surface area contributed by atoms with E-state index in [1.165, 1.54) is 10.3 Å². The van der Waals surface area contributed by atoms with Gasteiger partial charge in [0.1, 0.15) is 0 Å². The molecule has 1 saturated heterocycles. The molecular weight excluding hydrogens is 384 g/mol.